The molecular weight excluding hydrogens is 340 g/mol. The van der Waals surface area contributed by atoms with Gasteiger partial charge in [0, 0.05) is 29.4 Å². The van der Waals surface area contributed by atoms with Crippen molar-refractivity contribution >= 4 is 32.5 Å². The third-order valence-electron chi connectivity index (χ3n) is 4.44. The first-order valence-corrected chi connectivity index (χ1v) is 9.38. The standard InChI is InChI=1S/C17H16N4O3S/c1-9-6-12-13(18)8-25(23,24)15(12)7-11(9)17(22)21-14-3-5-20-16-10(14)2-4-19-16/h2-7,13H,8,18H2,1H3,(H2,19,20,21,22)/t13-/m0/s1. The lowest BCUT2D eigenvalue weighted by Crippen LogP contribution is -2.15. The first-order chi connectivity index (χ1) is 11.9. The molecule has 0 unspecified atom stereocenters. The Bertz CT molecular complexity index is 1120. The van der Waals surface area contributed by atoms with Gasteiger partial charge in [-0.1, -0.05) is 6.07 Å². The van der Waals surface area contributed by atoms with E-state index in [1.165, 1.54) is 6.07 Å². The van der Waals surface area contributed by atoms with Gasteiger partial charge in [-0.3, -0.25) is 4.79 Å². The fourth-order valence-corrected chi connectivity index (χ4v) is 4.89. The molecule has 0 spiro atoms. The monoisotopic (exact) mass is 356 g/mol. The van der Waals surface area contributed by atoms with E-state index in [0.29, 0.717) is 28.0 Å². The zero-order valence-electron chi connectivity index (χ0n) is 13.4. The highest BCUT2D eigenvalue weighted by Crippen LogP contribution is 2.34. The van der Waals surface area contributed by atoms with Crippen LogP contribution in [0.3, 0.4) is 0 Å². The zero-order valence-corrected chi connectivity index (χ0v) is 14.2. The maximum absolute atomic E-state index is 12.7. The third kappa shape index (κ3) is 2.50. The molecule has 8 heteroatoms. The molecule has 1 aromatic carbocycles. The number of hydrogen-bond donors (Lipinski definition) is 3. The SMILES string of the molecule is Cc1cc2c(cc1C(=O)Nc1ccnc3[nH]ccc13)S(=O)(=O)C[C@@H]2N. The lowest BCUT2D eigenvalue weighted by Gasteiger charge is -2.11. The molecule has 1 atom stereocenters. The van der Waals surface area contributed by atoms with Crippen LogP contribution in [0.5, 0.6) is 0 Å². The van der Waals surface area contributed by atoms with E-state index < -0.39 is 15.9 Å². The predicted molar refractivity (Wildman–Crippen MR) is 94.2 cm³/mol. The van der Waals surface area contributed by atoms with E-state index in [2.05, 4.69) is 15.3 Å². The van der Waals surface area contributed by atoms with E-state index in [0.717, 1.165) is 5.39 Å². The van der Waals surface area contributed by atoms with Crippen molar-refractivity contribution in [2.75, 3.05) is 11.1 Å². The van der Waals surface area contributed by atoms with Gasteiger partial charge in [0.25, 0.3) is 5.91 Å². The summed E-state index contributed by atoms with van der Waals surface area (Å²) in [5.41, 5.74) is 8.75. The number of nitrogens with zero attached hydrogens (tertiary/aromatic N) is 1. The Morgan fingerprint density at radius 3 is 2.96 bits per heavy atom. The number of nitrogens with one attached hydrogen (secondary N) is 2. The summed E-state index contributed by atoms with van der Waals surface area (Å²) in [5, 5.41) is 3.61. The van der Waals surface area contributed by atoms with E-state index in [4.69, 9.17) is 5.73 Å². The molecule has 4 N–H and O–H groups in total. The summed E-state index contributed by atoms with van der Waals surface area (Å²) in [6, 6.07) is 6.09. The smallest absolute Gasteiger partial charge is 0.255 e. The van der Waals surface area contributed by atoms with Crippen LogP contribution in [0.2, 0.25) is 0 Å². The summed E-state index contributed by atoms with van der Waals surface area (Å²) in [6.45, 7) is 1.77. The highest BCUT2D eigenvalue weighted by molar-refractivity contribution is 7.91. The molecule has 3 aromatic rings. The number of rotatable bonds is 2. The zero-order chi connectivity index (χ0) is 17.8. The Morgan fingerprint density at radius 1 is 1.36 bits per heavy atom. The molecule has 0 fully saturated rings. The Balaban J connectivity index is 1.75. The molecule has 0 saturated carbocycles. The lowest BCUT2D eigenvalue weighted by molar-refractivity contribution is 0.102. The predicted octanol–water partition coefficient (Wildman–Crippen LogP) is 1.91. The summed E-state index contributed by atoms with van der Waals surface area (Å²) in [4.78, 5) is 20.0. The van der Waals surface area contributed by atoms with Gasteiger partial charge in [0.2, 0.25) is 0 Å². The number of H-pyrrole nitrogens is 1. The van der Waals surface area contributed by atoms with Crippen LogP contribution in [0.25, 0.3) is 11.0 Å². The molecule has 0 saturated heterocycles. The van der Waals surface area contributed by atoms with Crippen molar-refractivity contribution in [2.24, 2.45) is 5.73 Å². The first kappa shape index (κ1) is 15.8. The molecule has 7 nitrogen and oxygen atoms in total. The number of carbonyl (C=O) groups excluding carboxylic acids is 1. The third-order valence-corrected chi connectivity index (χ3v) is 6.26. The second-order valence-electron chi connectivity index (χ2n) is 6.15. The lowest BCUT2D eigenvalue weighted by atomic mass is 10.0. The fourth-order valence-electron chi connectivity index (χ4n) is 3.19. The Kier molecular flexibility index (Phi) is 3.41. The van der Waals surface area contributed by atoms with Crippen LogP contribution in [0.1, 0.15) is 27.5 Å². The number of aromatic amines is 1. The molecule has 0 radical (unpaired) electrons. The number of amides is 1. The summed E-state index contributed by atoms with van der Waals surface area (Å²) in [7, 11) is -3.45. The average Bonchev–Trinajstić information content (AvgIpc) is 3.10. The van der Waals surface area contributed by atoms with Gasteiger partial charge in [0.1, 0.15) is 5.65 Å². The van der Waals surface area contributed by atoms with Crippen molar-refractivity contribution < 1.29 is 13.2 Å². The van der Waals surface area contributed by atoms with Crippen LogP contribution in [0, 0.1) is 6.92 Å². The minimum absolute atomic E-state index is 0.124. The van der Waals surface area contributed by atoms with Gasteiger partial charge in [-0.25, -0.2) is 13.4 Å². The molecule has 1 amide bonds. The first-order valence-electron chi connectivity index (χ1n) is 7.73. The van der Waals surface area contributed by atoms with Gasteiger partial charge in [-0.2, -0.15) is 0 Å². The van der Waals surface area contributed by atoms with Crippen LogP contribution in [0.15, 0.2) is 41.6 Å². The minimum atomic E-state index is -3.45. The molecule has 0 bridgehead atoms. The second kappa shape index (κ2) is 5.40. The van der Waals surface area contributed by atoms with E-state index in [-0.39, 0.29) is 16.6 Å². The molecular formula is C17H16N4O3S. The number of anilines is 1. The minimum Gasteiger partial charge on any atom is -0.346 e. The van der Waals surface area contributed by atoms with Gasteiger partial charge in [-0.15, -0.1) is 0 Å². The molecule has 0 aliphatic carbocycles. The maximum atomic E-state index is 12.7. The molecule has 1 aliphatic heterocycles. The van der Waals surface area contributed by atoms with E-state index >= 15 is 0 Å². The van der Waals surface area contributed by atoms with Crippen molar-refractivity contribution in [3.8, 4) is 0 Å². The molecule has 25 heavy (non-hydrogen) atoms. The molecule has 128 valence electrons. The van der Waals surface area contributed by atoms with Gasteiger partial charge >= 0.3 is 0 Å². The number of aromatic nitrogens is 2. The number of hydrogen-bond acceptors (Lipinski definition) is 5. The van der Waals surface area contributed by atoms with E-state index in [1.807, 2.05) is 6.07 Å². The second-order valence-corrected chi connectivity index (χ2v) is 8.15. The quantitative estimate of drug-likeness (QED) is 0.648. The number of benzene rings is 1. The van der Waals surface area contributed by atoms with Crippen molar-refractivity contribution in [1.29, 1.82) is 0 Å². The summed E-state index contributed by atoms with van der Waals surface area (Å²) >= 11 is 0. The van der Waals surface area contributed by atoms with Crippen LogP contribution >= 0.6 is 0 Å². The number of aryl methyl sites for hydroxylation is 1. The Labute approximate surface area is 144 Å². The fraction of sp³-hybridized carbons (Fsp3) is 0.176. The number of carbonyl (C=O) groups is 1. The number of fused-ring (bicyclic) bond motifs is 2. The van der Waals surface area contributed by atoms with Crippen molar-refractivity contribution in [2.45, 2.75) is 17.9 Å². The highest BCUT2D eigenvalue weighted by Gasteiger charge is 2.34. The van der Waals surface area contributed by atoms with Crippen molar-refractivity contribution in [3.05, 3.63) is 53.3 Å². The van der Waals surface area contributed by atoms with Gasteiger partial charge in [0.05, 0.1) is 16.3 Å². The Morgan fingerprint density at radius 2 is 2.16 bits per heavy atom. The van der Waals surface area contributed by atoms with Crippen LogP contribution in [-0.4, -0.2) is 30.0 Å². The van der Waals surface area contributed by atoms with E-state index in [9.17, 15) is 13.2 Å². The summed E-state index contributed by atoms with van der Waals surface area (Å²) in [5.74, 6) is -0.495. The van der Waals surface area contributed by atoms with E-state index in [1.54, 1.807) is 31.5 Å². The summed E-state index contributed by atoms with van der Waals surface area (Å²) in [6.07, 6.45) is 3.33. The topological polar surface area (TPSA) is 118 Å². The number of pyridine rings is 1. The summed E-state index contributed by atoms with van der Waals surface area (Å²) < 4.78 is 24.4. The van der Waals surface area contributed by atoms with Gasteiger partial charge in [-0.05, 0) is 36.2 Å². The van der Waals surface area contributed by atoms with Crippen LogP contribution in [-0.2, 0) is 9.84 Å². The Hall–Kier alpha value is -2.71. The number of sulfone groups is 1. The molecule has 1 aliphatic rings. The van der Waals surface area contributed by atoms with Crippen molar-refractivity contribution in [1.82, 2.24) is 9.97 Å². The van der Waals surface area contributed by atoms with Crippen LogP contribution in [0.4, 0.5) is 5.69 Å². The van der Waals surface area contributed by atoms with Gasteiger partial charge < -0.3 is 16.0 Å². The van der Waals surface area contributed by atoms with Gasteiger partial charge in [0.15, 0.2) is 9.84 Å². The normalized spacial score (nSPS) is 18.2. The molecule has 4 rings (SSSR count). The van der Waals surface area contributed by atoms with Crippen molar-refractivity contribution in [3.63, 3.8) is 0 Å². The largest absolute Gasteiger partial charge is 0.346 e. The van der Waals surface area contributed by atoms with Crippen LogP contribution < -0.4 is 11.1 Å². The number of nitrogens with two attached hydrogens (primary N) is 1. The average molecular weight is 356 g/mol. The molecule has 3 heterocycles. The molecule has 2 aromatic heterocycles. The maximum Gasteiger partial charge on any atom is 0.255 e. The highest BCUT2D eigenvalue weighted by atomic mass is 32.2.